The smallest absolute Gasteiger partial charge is 0.0736 e. The van der Waals surface area contributed by atoms with Gasteiger partial charge in [-0.05, 0) is 12.5 Å². The topological polar surface area (TPSA) is 39.5 Å². The van der Waals surface area contributed by atoms with Crippen molar-refractivity contribution >= 4 is 0 Å². The van der Waals surface area contributed by atoms with Crippen molar-refractivity contribution in [3.8, 4) is 0 Å². The highest BCUT2D eigenvalue weighted by Crippen LogP contribution is 2.27. The largest absolute Gasteiger partial charge is 0.381 e. The first kappa shape index (κ1) is 17.1. The van der Waals surface area contributed by atoms with Crippen molar-refractivity contribution in [2.24, 2.45) is 7.05 Å². The number of benzene rings is 1. The normalized spacial score (nSPS) is 17.8. The van der Waals surface area contributed by atoms with Gasteiger partial charge in [-0.2, -0.15) is 5.10 Å². The molecule has 1 atom stereocenters. The van der Waals surface area contributed by atoms with Gasteiger partial charge in [-0.25, -0.2) is 0 Å². The van der Waals surface area contributed by atoms with Crippen molar-refractivity contribution in [2.75, 3.05) is 32.9 Å². The molecule has 0 radical (unpaired) electrons. The highest BCUT2D eigenvalue weighted by Gasteiger charge is 2.28. The first-order valence-corrected chi connectivity index (χ1v) is 8.70. The second kappa shape index (κ2) is 8.42. The van der Waals surface area contributed by atoms with Crippen LogP contribution < -0.4 is 0 Å². The van der Waals surface area contributed by atoms with E-state index in [0.29, 0.717) is 12.5 Å². The third-order valence-electron chi connectivity index (χ3n) is 4.38. The van der Waals surface area contributed by atoms with Crippen LogP contribution in [-0.4, -0.2) is 47.6 Å². The van der Waals surface area contributed by atoms with Gasteiger partial charge in [0, 0.05) is 51.0 Å². The van der Waals surface area contributed by atoms with Gasteiger partial charge >= 0.3 is 0 Å². The summed E-state index contributed by atoms with van der Waals surface area (Å²) in [7, 11) is 1.99. The molecule has 2 heterocycles. The molecule has 1 aliphatic heterocycles. The van der Waals surface area contributed by atoms with Gasteiger partial charge in [-0.3, -0.25) is 9.58 Å². The van der Waals surface area contributed by atoms with Crippen LogP contribution >= 0.6 is 0 Å². The average molecular weight is 329 g/mol. The maximum absolute atomic E-state index is 5.84. The molecule has 5 nitrogen and oxygen atoms in total. The Bertz CT molecular complexity index is 627. The third-order valence-corrected chi connectivity index (χ3v) is 4.38. The summed E-state index contributed by atoms with van der Waals surface area (Å²) in [5.41, 5.74) is 3.74. The van der Waals surface area contributed by atoms with Crippen LogP contribution in [0.1, 0.15) is 29.7 Å². The molecule has 0 fully saturated rings. The Morgan fingerprint density at radius 2 is 2.04 bits per heavy atom. The van der Waals surface area contributed by atoms with E-state index in [2.05, 4.69) is 28.3 Å². The van der Waals surface area contributed by atoms with Crippen molar-refractivity contribution in [3.05, 3.63) is 53.3 Å². The minimum Gasteiger partial charge on any atom is -0.381 e. The quantitative estimate of drug-likeness (QED) is 0.698. The summed E-state index contributed by atoms with van der Waals surface area (Å²) in [6.07, 6.45) is 2.13. The summed E-state index contributed by atoms with van der Waals surface area (Å²) >= 11 is 0. The second-order valence-corrected chi connectivity index (χ2v) is 6.34. The number of rotatable bonds is 8. The van der Waals surface area contributed by atoms with E-state index >= 15 is 0 Å². The van der Waals surface area contributed by atoms with Gasteiger partial charge in [0.1, 0.15) is 0 Å². The van der Waals surface area contributed by atoms with Crippen LogP contribution in [0.15, 0.2) is 36.5 Å². The fourth-order valence-corrected chi connectivity index (χ4v) is 3.24. The molecule has 0 amide bonds. The zero-order valence-corrected chi connectivity index (χ0v) is 14.6. The first-order chi connectivity index (χ1) is 11.8. The Balaban J connectivity index is 1.51. The molecule has 3 rings (SSSR count). The lowest BCUT2D eigenvalue weighted by Crippen LogP contribution is -2.37. The molecule has 2 aromatic rings. The van der Waals surface area contributed by atoms with E-state index in [1.165, 1.54) is 16.8 Å². The molecule has 1 aromatic carbocycles. The molecule has 0 aliphatic carbocycles. The third kappa shape index (κ3) is 4.44. The van der Waals surface area contributed by atoms with Gasteiger partial charge in [0.25, 0.3) is 0 Å². The SMILES string of the molecule is CCOCC1CN(CCOCc2ccccc2)Cc2cn(C)nc21. The Labute approximate surface area is 144 Å². The molecule has 0 saturated carbocycles. The number of aromatic nitrogens is 2. The lowest BCUT2D eigenvalue weighted by Gasteiger charge is -2.31. The number of ether oxygens (including phenoxy) is 2. The summed E-state index contributed by atoms with van der Waals surface area (Å²) in [5, 5.41) is 4.63. The molecule has 24 heavy (non-hydrogen) atoms. The van der Waals surface area contributed by atoms with E-state index in [-0.39, 0.29) is 0 Å². The van der Waals surface area contributed by atoms with Crippen LogP contribution in [0, 0.1) is 0 Å². The molecule has 1 unspecified atom stereocenters. The standard InChI is InChI=1S/C19H27N3O2/c1-3-23-15-18-13-22(12-17-11-21(2)20-19(17)18)9-10-24-14-16-7-5-4-6-8-16/h4-8,11,18H,3,9-10,12-15H2,1-2H3. The molecule has 5 heteroatoms. The maximum Gasteiger partial charge on any atom is 0.0736 e. The van der Waals surface area contributed by atoms with Crippen molar-refractivity contribution in [2.45, 2.75) is 26.0 Å². The number of hydrogen-bond acceptors (Lipinski definition) is 4. The number of aryl methyl sites for hydroxylation is 1. The zero-order valence-electron chi connectivity index (χ0n) is 14.6. The first-order valence-electron chi connectivity index (χ1n) is 8.70. The number of nitrogens with zero attached hydrogens (tertiary/aromatic N) is 3. The summed E-state index contributed by atoms with van der Waals surface area (Å²) in [5.74, 6) is 0.351. The average Bonchev–Trinajstić information content (AvgIpc) is 2.98. The van der Waals surface area contributed by atoms with Gasteiger partial charge in [0.2, 0.25) is 0 Å². The fraction of sp³-hybridized carbons (Fsp3) is 0.526. The lowest BCUT2D eigenvalue weighted by atomic mass is 9.97. The van der Waals surface area contributed by atoms with E-state index < -0.39 is 0 Å². The van der Waals surface area contributed by atoms with Crippen molar-refractivity contribution in [1.29, 1.82) is 0 Å². The molecular formula is C19H27N3O2. The van der Waals surface area contributed by atoms with E-state index in [1.54, 1.807) is 0 Å². The van der Waals surface area contributed by atoms with Crippen LogP contribution in [0.5, 0.6) is 0 Å². The molecule has 1 aromatic heterocycles. The minimum atomic E-state index is 0.351. The van der Waals surface area contributed by atoms with E-state index in [0.717, 1.165) is 39.5 Å². The zero-order chi connectivity index (χ0) is 16.8. The van der Waals surface area contributed by atoms with Crippen molar-refractivity contribution < 1.29 is 9.47 Å². The number of fused-ring (bicyclic) bond motifs is 1. The Hall–Kier alpha value is -1.69. The fourth-order valence-electron chi connectivity index (χ4n) is 3.24. The lowest BCUT2D eigenvalue weighted by molar-refractivity contribution is 0.0703. The molecule has 0 saturated heterocycles. The summed E-state index contributed by atoms with van der Waals surface area (Å²) in [4.78, 5) is 2.44. The van der Waals surface area contributed by atoms with Crippen LogP contribution in [0.25, 0.3) is 0 Å². The Morgan fingerprint density at radius 1 is 1.21 bits per heavy atom. The molecule has 0 N–H and O–H groups in total. The monoisotopic (exact) mass is 329 g/mol. The van der Waals surface area contributed by atoms with E-state index in [4.69, 9.17) is 9.47 Å². The number of hydrogen-bond donors (Lipinski definition) is 0. The minimum absolute atomic E-state index is 0.351. The molecule has 130 valence electrons. The Kier molecular flexibility index (Phi) is 6.01. The van der Waals surface area contributed by atoms with Gasteiger partial charge in [0.15, 0.2) is 0 Å². The van der Waals surface area contributed by atoms with E-state index in [1.807, 2.05) is 36.9 Å². The van der Waals surface area contributed by atoms with E-state index in [9.17, 15) is 0 Å². The highest BCUT2D eigenvalue weighted by molar-refractivity contribution is 5.24. The van der Waals surface area contributed by atoms with Crippen LogP contribution in [-0.2, 0) is 29.7 Å². The Morgan fingerprint density at radius 3 is 2.83 bits per heavy atom. The molecule has 0 spiro atoms. The highest BCUT2D eigenvalue weighted by atomic mass is 16.5. The summed E-state index contributed by atoms with van der Waals surface area (Å²) < 4.78 is 13.4. The molecule has 0 bridgehead atoms. The van der Waals surface area contributed by atoms with Gasteiger partial charge < -0.3 is 9.47 Å². The molecular weight excluding hydrogens is 302 g/mol. The van der Waals surface area contributed by atoms with Crippen molar-refractivity contribution in [3.63, 3.8) is 0 Å². The molecule has 1 aliphatic rings. The van der Waals surface area contributed by atoms with Gasteiger partial charge in [0.05, 0.1) is 25.5 Å². The van der Waals surface area contributed by atoms with Gasteiger partial charge in [-0.15, -0.1) is 0 Å². The maximum atomic E-state index is 5.84. The van der Waals surface area contributed by atoms with Crippen molar-refractivity contribution in [1.82, 2.24) is 14.7 Å². The van der Waals surface area contributed by atoms with Crippen LogP contribution in [0.4, 0.5) is 0 Å². The van der Waals surface area contributed by atoms with Crippen LogP contribution in [0.2, 0.25) is 0 Å². The summed E-state index contributed by atoms with van der Waals surface area (Å²) in [6.45, 7) is 7.81. The van der Waals surface area contributed by atoms with Crippen LogP contribution in [0.3, 0.4) is 0 Å². The predicted octanol–water partition coefficient (Wildman–Crippen LogP) is 2.57. The summed E-state index contributed by atoms with van der Waals surface area (Å²) in [6, 6.07) is 10.3. The van der Waals surface area contributed by atoms with Gasteiger partial charge in [-0.1, -0.05) is 30.3 Å². The predicted molar refractivity (Wildman–Crippen MR) is 93.8 cm³/mol. The second-order valence-electron chi connectivity index (χ2n) is 6.34.